The fourth-order valence-electron chi connectivity index (χ4n) is 1.73. The van der Waals surface area contributed by atoms with E-state index in [4.69, 9.17) is 21.1 Å². The first kappa shape index (κ1) is 14.4. The van der Waals surface area contributed by atoms with Crippen molar-refractivity contribution in [1.29, 1.82) is 0 Å². The lowest BCUT2D eigenvalue weighted by Crippen LogP contribution is -2.01. The van der Waals surface area contributed by atoms with Gasteiger partial charge in [-0.3, -0.25) is 0 Å². The number of ether oxygens (including phenoxy) is 2. The third-order valence-corrected chi connectivity index (χ3v) is 3.18. The predicted molar refractivity (Wildman–Crippen MR) is 79.3 cm³/mol. The Bertz CT molecular complexity index is 610. The molecule has 0 fully saturated rings. The van der Waals surface area contributed by atoms with Gasteiger partial charge in [-0.25, -0.2) is 9.97 Å². The van der Waals surface area contributed by atoms with E-state index < -0.39 is 0 Å². The molecule has 2 aromatic rings. The fourth-order valence-corrected chi connectivity index (χ4v) is 1.94. The Labute approximate surface area is 122 Å². The van der Waals surface area contributed by atoms with E-state index in [1.54, 1.807) is 27.2 Å². The molecule has 0 aliphatic carbocycles. The molecule has 0 atom stereocenters. The van der Waals surface area contributed by atoms with E-state index in [0.717, 1.165) is 11.3 Å². The van der Waals surface area contributed by atoms with Gasteiger partial charge in [-0.1, -0.05) is 11.6 Å². The standard InChI is InChI=1S/C14H16ClN3O2/c1-8-13(15)16-9(2)17-14(8)18-10-5-11(19-3)7-12(6-10)20-4/h5-7H,1-4H3,(H,16,17,18). The first-order valence-corrected chi connectivity index (χ1v) is 6.42. The van der Waals surface area contributed by atoms with E-state index in [0.29, 0.717) is 28.3 Å². The maximum absolute atomic E-state index is 6.06. The molecule has 0 unspecified atom stereocenters. The Hall–Kier alpha value is -2.01. The molecule has 5 nitrogen and oxygen atoms in total. The number of hydrogen-bond donors (Lipinski definition) is 1. The Morgan fingerprint density at radius 3 is 2.15 bits per heavy atom. The van der Waals surface area contributed by atoms with E-state index in [1.807, 2.05) is 19.1 Å². The van der Waals surface area contributed by atoms with Crippen molar-refractivity contribution in [2.75, 3.05) is 19.5 Å². The van der Waals surface area contributed by atoms with Gasteiger partial charge in [0.05, 0.1) is 14.2 Å². The number of methoxy groups -OCH3 is 2. The highest BCUT2D eigenvalue weighted by Gasteiger charge is 2.09. The van der Waals surface area contributed by atoms with E-state index in [1.165, 1.54) is 0 Å². The summed E-state index contributed by atoms with van der Waals surface area (Å²) in [5.41, 5.74) is 1.59. The summed E-state index contributed by atoms with van der Waals surface area (Å²) in [6.45, 7) is 3.66. The van der Waals surface area contributed by atoms with Gasteiger partial charge in [0, 0.05) is 29.4 Å². The number of hydrogen-bond acceptors (Lipinski definition) is 5. The van der Waals surface area contributed by atoms with Gasteiger partial charge in [-0.05, 0) is 13.8 Å². The summed E-state index contributed by atoms with van der Waals surface area (Å²) in [4.78, 5) is 8.46. The third kappa shape index (κ3) is 3.11. The van der Waals surface area contributed by atoms with Gasteiger partial charge in [0.25, 0.3) is 0 Å². The number of aromatic nitrogens is 2. The molecular formula is C14H16ClN3O2. The van der Waals surface area contributed by atoms with E-state index >= 15 is 0 Å². The van der Waals surface area contributed by atoms with Crippen molar-refractivity contribution < 1.29 is 9.47 Å². The zero-order valence-corrected chi connectivity index (χ0v) is 12.6. The zero-order valence-electron chi connectivity index (χ0n) is 11.8. The number of nitrogens with zero attached hydrogens (tertiary/aromatic N) is 2. The van der Waals surface area contributed by atoms with Crippen LogP contribution in [0.1, 0.15) is 11.4 Å². The Kier molecular flexibility index (Phi) is 4.29. The maximum Gasteiger partial charge on any atom is 0.138 e. The molecule has 0 bridgehead atoms. The highest BCUT2D eigenvalue weighted by Crippen LogP contribution is 2.29. The molecule has 1 aromatic heterocycles. The minimum absolute atomic E-state index is 0.440. The van der Waals surface area contributed by atoms with E-state index in [-0.39, 0.29) is 0 Å². The van der Waals surface area contributed by atoms with E-state index in [2.05, 4.69) is 15.3 Å². The van der Waals surface area contributed by atoms with Crippen molar-refractivity contribution in [3.63, 3.8) is 0 Å². The van der Waals surface area contributed by atoms with Crippen molar-refractivity contribution in [2.45, 2.75) is 13.8 Å². The van der Waals surface area contributed by atoms with Crippen molar-refractivity contribution in [2.24, 2.45) is 0 Å². The summed E-state index contributed by atoms with van der Waals surface area (Å²) in [7, 11) is 3.21. The molecule has 0 saturated heterocycles. The molecule has 0 amide bonds. The van der Waals surface area contributed by atoms with Gasteiger partial charge in [-0.2, -0.15) is 0 Å². The monoisotopic (exact) mass is 293 g/mol. The van der Waals surface area contributed by atoms with Crippen LogP contribution in [0.3, 0.4) is 0 Å². The minimum Gasteiger partial charge on any atom is -0.497 e. The molecule has 1 heterocycles. The molecule has 1 N–H and O–H groups in total. The Morgan fingerprint density at radius 1 is 1.00 bits per heavy atom. The Balaban J connectivity index is 2.39. The van der Waals surface area contributed by atoms with Crippen LogP contribution < -0.4 is 14.8 Å². The van der Waals surface area contributed by atoms with Gasteiger partial charge >= 0.3 is 0 Å². The second-order valence-electron chi connectivity index (χ2n) is 4.26. The lowest BCUT2D eigenvalue weighted by atomic mass is 10.2. The van der Waals surface area contributed by atoms with Crippen LogP contribution >= 0.6 is 11.6 Å². The smallest absolute Gasteiger partial charge is 0.138 e. The van der Waals surface area contributed by atoms with Gasteiger partial charge in [0.15, 0.2) is 0 Å². The zero-order chi connectivity index (χ0) is 14.7. The van der Waals surface area contributed by atoms with E-state index in [9.17, 15) is 0 Å². The number of anilines is 2. The molecule has 6 heteroatoms. The van der Waals surface area contributed by atoms with Crippen molar-refractivity contribution in [3.8, 4) is 11.5 Å². The second-order valence-corrected chi connectivity index (χ2v) is 4.62. The molecule has 0 saturated carbocycles. The average Bonchev–Trinajstić information content (AvgIpc) is 2.43. The first-order chi connectivity index (χ1) is 9.53. The highest BCUT2D eigenvalue weighted by atomic mass is 35.5. The summed E-state index contributed by atoms with van der Waals surface area (Å²) < 4.78 is 10.5. The maximum atomic E-state index is 6.06. The van der Waals surface area contributed by atoms with Gasteiger partial charge in [0.1, 0.15) is 28.3 Å². The predicted octanol–water partition coefficient (Wildman–Crippen LogP) is 3.51. The summed E-state index contributed by atoms with van der Waals surface area (Å²) in [6.07, 6.45) is 0. The summed E-state index contributed by atoms with van der Waals surface area (Å²) in [5, 5.41) is 3.65. The molecule has 20 heavy (non-hydrogen) atoms. The van der Waals surface area contributed by atoms with Crippen LogP contribution in [-0.2, 0) is 0 Å². The van der Waals surface area contributed by atoms with Crippen LogP contribution in [0.4, 0.5) is 11.5 Å². The summed E-state index contributed by atoms with van der Waals surface area (Å²) in [6, 6.07) is 5.51. The van der Waals surface area contributed by atoms with Crippen LogP contribution in [0.25, 0.3) is 0 Å². The third-order valence-electron chi connectivity index (χ3n) is 2.81. The number of nitrogens with one attached hydrogen (secondary N) is 1. The normalized spacial score (nSPS) is 10.2. The second kappa shape index (κ2) is 5.96. The molecule has 0 aliphatic rings. The first-order valence-electron chi connectivity index (χ1n) is 6.04. The summed E-state index contributed by atoms with van der Waals surface area (Å²) >= 11 is 6.06. The number of halogens is 1. The van der Waals surface area contributed by atoms with Crippen molar-refractivity contribution in [1.82, 2.24) is 9.97 Å². The number of aryl methyl sites for hydroxylation is 1. The topological polar surface area (TPSA) is 56.3 Å². The molecule has 0 aliphatic heterocycles. The Morgan fingerprint density at radius 2 is 1.60 bits per heavy atom. The molecular weight excluding hydrogens is 278 g/mol. The van der Waals surface area contributed by atoms with Crippen molar-refractivity contribution in [3.05, 3.63) is 34.7 Å². The van der Waals surface area contributed by atoms with Crippen LogP contribution in [-0.4, -0.2) is 24.2 Å². The van der Waals surface area contributed by atoms with Crippen LogP contribution in [0.15, 0.2) is 18.2 Å². The average molecular weight is 294 g/mol. The molecule has 1 aromatic carbocycles. The van der Waals surface area contributed by atoms with Crippen LogP contribution in [0, 0.1) is 13.8 Å². The fraction of sp³-hybridized carbons (Fsp3) is 0.286. The van der Waals surface area contributed by atoms with Gasteiger partial charge in [-0.15, -0.1) is 0 Å². The lowest BCUT2D eigenvalue weighted by Gasteiger charge is -2.12. The highest BCUT2D eigenvalue weighted by molar-refractivity contribution is 6.30. The quantitative estimate of drug-likeness (QED) is 0.874. The van der Waals surface area contributed by atoms with Crippen molar-refractivity contribution >= 4 is 23.1 Å². The minimum atomic E-state index is 0.440. The van der Waals surface area contributed by atoms with Gasteiger partial charge < -0.3 is 14.8 Å². The number of benzene rings is 1. The molecule has 2 rings (SSSR count). The van der Waals surface area contributed by atoms with Crippen LogP contribution in [0.5, 0.6) is 11.5 Å². The SMILES string of the molecule is COc1cc(Nc2nc(C)nc(Cl)c2C)cc(OC)c1. The molecule has 106 valence electrons. The summed E-state index contributed by atoms with van der Waals surface area (Å²) in [5.74, 6) is 2.67. The van der Waals surface area contributed by atoms with Gasteiger partial charge in [0.2, 0.25) is 0 Å². The largest absolute Gasteiger partial charge is 0.497 e. The number of rotatable bonds is 4. The lowest BCUT2D eigenvalue weighted by molar-refractivity contribution is 0.395. The molecule has 0 radical (unpaired) electrons. The van der Waals surface area contributed by atoms with Crippen LogP contribution in [0.2, 0.25) is 5.15 Å². The molecule has 0 spiro atoms.